The molecule has 8 heteroatoms. The van der Waals surface area contributed by atoms with E-state index >= 15 is 0 Å². The monoisotopic (exact) mass is 309 g/mol. The average Bonchev–Trinajstić information content (AvgIpc) is 2.83. The van der Waals surface area contributed by atoms with Gasteiger partial charge in [0.1, 0.15) is 17.1 Å². The molecule has 1 aliphatic heterocycles. The predicted octanol–water partition coefficient (Wildman–Crippen LogP) is 0.660. The standard InChI is InChI=1S/C13H15N3O4S/c1-13(20-5-10(17)18)6-16(7-13)4-9-14-8-2-3-21-11(8)12(19)15-9/h2-3H,4-7H2,1H3,(H,17,18)(H,14,15,19). The Kier molecular flexibility index (Phi) is 3.52. The molecule has 0 aliphatic carbocycles. The maximum absolute atomic E-state index is 11.9. The van der Waals surface area contributed by atoms with Gasteiger partial charge < -0.3 is 14.8 Å². The van der Waals surface area contributed by atoms with Gasteiger partial charge in [-0.25, -0.2) is 9.78 Å². The van der Waals surface area contributed by atoms with Gasteiger partial charge in [0.15, 0.2) is 0 Å². The molecule has 3 heterocycles. The van der Waals surface area contributed by atoms with Gasteiger partial charge in [-0.05, 0) is 18.4 Å². The minimum Gasteiger partial charge on any atom is -0.480 e. The number of hydrogen-bond acceptors (Lipinski definition) is 6. The lowest BCUT2D eigenvalue weighted by Gasteiger charge is -2.47. The molecule has 2 aromatic heterocycles. The number of aliphatic carboxylic acids is 1. The average molecular weight is 309 g/mol. The molecule has 2 aromatic rings. The van der Waals surface area contributed by atoms with E-state index in [9.17, 15) is 9.59 Å². The molecule has 0 aromatic carbocycles. The number of nitrogens with one attached hydrogen (secondary N) is 1. The summed E-state index contributed by atoms with van der Waals surface area (Å²) < 4.78 is 5.98. The SMILES string of the molecule is CC1(OCC(=O)O)CN(Cc2nc3ccsc3c(=O)[nH]2)C1. The quantitative estimate of drug-likeness (QED) is 0.842. The van der Waals surface area contributed by atoms with Crippen LogP contribution in [0.4, 0.5) is 0 Å². The number of ether oxygens (including phenoxy) is 1. The number of carbonyl (C=O) groups is 1. The molecule has 7 nitrogen and oxygen atoms in total. The first kappa shape index (κ1) is 14.2. The Morgan fingerprint density at radius 1 is 1.62 bits per heavy atom. The highest BCUT2D eigenvalue weighted by molar-refractivity contribution is 7.17. The van der Waals surface area contributed by atoms with Gasteiger partial charge in [-0.3, -0.25) is 9.69 Å². The molecule has 1 fully saturated rings. The normalized spacial score (nSPS) is 17.8. The summed E-state index contributed by atoms with van der Waals surface area (Å²) in [6, 6.07) is 1.83. The van der Waals surface area contributed by atoms with E-state index < -0.39 is 11.6 Å². The minimum atomic E-state index is -0.969. The summed E-state index contributed by atoms with van der Waals surface area (Å²) in [4.78, 5) is 31.6. The maximum Gasteiger partial charge on any atom is 0.329 e. The van der Waals surface area contributed by atoms with Crippen LogP contribution in [0.3, 0.4) is 0 Å². The second kappa shape index (κ2) is 5.21. The van der Waals surface area contributed by atoms with Crippen molar-refractivity contribution in [1.82, 2.24) is 14.9 Å². The highest BCUT2D eigenvalue weighted by atomic mass is 32.1. The zero-order chi connectivity index (χ0) is 15.0. The summed E-state index contributed by atoms with van der Waals surface area (Å²) in [5.41, 5.74) is 0.158. The largest absolute Gasteiger partial charge is 0.480 e. The van der Waals surface area contributed by atoms with Crippen molar-refractivity contribution in [3.8, 4) is 0 Å². The molecule has 0 amide bonds. The number of carboxylic acids is 1. The second-order valence-corrected chi connectivity index (χ2v) is 6.34. The van der Waals surface area contributed by atoms with E-state index in [1.165, 1.54) is 11.3 Å². The maximum atomic E-state index is 11.9. The Labute approximate surface area is 124 Å². The summed E-state index contributed by atoms with van der Waals surface area (Å²) in [6.45, 7) is 3.34. The molecule has 3 rings (SSSR count). The van der Waals surface area contributed by atoms with Gasteiger partial charge in [-0.2, -0.15) is 0 Å². The Balaban J connectivity index is 1.63. The Morgan fingerprint density at radius 2 is 2.38 bits per heavy atom. The number of thiophene rings is 1. The lowest BCUT2D eigenvalue weighted by Crippen LogP contribution is -2.61. The fourth-order valence-electron chi connectivity index (χ4n) is 2.55. The highest BCUT2D eigenvalue weighted by Crippen LogP contribution is 2.25. The van der Waals surface area contributed by atoms with Crippen LogP contribution in [0.2, 0.25) is 0 Å². The van der Waals surface area contributed by atoms with Gasteiger partial charge >= 0.3 is 5.97 Å². The molecular weight excluding hydrogens is 294 g/mol. The first-order chi connectivity index (χ1) is 9.95. The van der Waals surface area contributed by atoms with E-state index in [-0.39, 0.29) is 12.2 Å². The molecule has 0 radical (unpaired) electrons. The summed E-state index contributed by atoms with van der Waals surface area (Å²) in [5, 5.41) is 10.5. The zero-order valence-electron chi connectivity index (χ0n) is 11.5. The molecule has 0 unspecified atom stereocenters. The second-order valence-electron chi connectivity index (χ2n) is 5.43. The number of fused-ring (bicyclic) bond motifs is 1. The van der Waals surface area contributed by atoms with Crippen molar-refractivity contribution in [3.63, 3.8) is 0 Å². The van der Waals surface area contributed by atoms with Crippen LogP contribution in [-0.2, 0) is 16.1 Å². The number of rotatable bonds is 5. The van der Waals surface area contributed by atoms with Crippen LogP contribution in [0.1, 0.15) is 12.7 Å². The van der Waals surface area contributed by atoms with Crippen molar-refractivity contribution in [2.45, 2.75) is 19.1 Å². The number of likely N-dealkylation sites (tertiary alicyclic amines) is 1. The number of H-pyrrole nitrogens is 1. The van der Waals surface area contributed by atoms with Crippen molar-refractivity contribution in [2.75, 3.05) is 19.7 Å². The number of aromatic nitrogens is 2. The Morgan fingerprint density at radius 3 is 3.10 bits per heavy atom. The van der Waals surface area contributed by atoms with Crippen LogP contribution in [0.25, 0.3) is 10.2 Å². The number of aromatic amines is 1. The molecule has 1 saturated heterocycles. The smallest absolute Gasteiger partial charge is 0.329 e. The fourth-order valence-corrected chi connectivity index (χ4v) is 3.27. The van der Waals surface area contributed by atoms with Gasteiger partial charge in [0.25, 0.3) is 5.56 Å². The van der Waals surface area contributed by atoms with Gasteiger partial charge in [0, 0.05) is 13.1 Å². The lowest BCUT2D eigenvalue weighted by atomic mass is 9.96. The molecule has 21 heavy (non-hydrogen) atoms. The molecule has 0 saturated carbocycles. The molecular formula is C13H15N3O4S. The molecule has 2 N–H and O–H groups in total. The summed E-state index contributed by atoms with van der Waals surface area (Å²) in [6.07, 6.45) is 0. The third kappa shape index (κ3) is 2.97. The van der Waals surface area contributed by atoms with Crippen molar-refractivity contribution in [1.29, 1.82) is 0 Å². The van der Waals surface area contributed by atoms with E-state index in [1.54, 1.807) is 0 Å². The van der Waals surface area contributed by atoms with Crippen LogP contribution in [0.15, 0.2) is 16.2 Å². The Bertz CT molecular complexity index is 732. The third-order valence-electron chi connectivity index (χ3n) is 3.40. The number of nitrogens with zero attached hydrogens (tertiary/aromatic N) is 2. The predicted molar refractivity (Wildman–Crippen MR) is 77.5 cm³/mol. The van der Waals surface area contributed by atoms with Gasteiger partial charge in [-0.15, -0.1) is 11.3 Å². The third-order valence-corrected chi connectivity index (χ3v) is 4.30. The van der Waals surface area contributed by atoms with Crippen LogP contribution in [0, 0.1) is 0 Å². The topological polar surface area (TPSA) is 95.5 Å². The molecule has 112 valence electrons. The van der Waals surface area contributed by atoms with E-state index in [0.717, 1.165) is 0 Å². The fraction of sp³-hybridized carbons (Fsp3) is 0.462. The van der Waals surface area contributed by atoms with E-state index in [0.29, 0.717) is 35.7 Å². The molecule has 1 aliphatic rings. The van der Waals surface area contributed by atoms with Gasteiger partial charge in [0.05, 0.1) is 17.7 Å². The van der Waals surface area contributed by atoms with Gasteiger partial charge in [0.2, 0.25) is 0 Å². The summed E-state index contributed by atoms with van der Waals surface area (Å²) in [7, 11) is 0. The minimum absolute atomic E-state index is 0.115. The van der Waals surface area contributed by atoms with Crippen molar-refractivity contribution in [3.05, 3.63) is 27.6 Å². The van der Waals surface area contributed by atoms with Crippen LogP contribution >= 0.6 is 11.3 Å². The van der Waals surface area contributed by atoms with Crippen molar-refractivity contribution >= 4 is 27.5 Å². The molecule has 0 spiro atoms. The lowest BCUT2D eigenvalue weighted by molar-refractivity contribution is -0.166. The van der Waals surface area contributed by atoms with E-state index in [4.69, 9.17) is 9.84 Å². The molecule has 0 bridgehead atoms. The van der Waals surface area contributed by atoms with Gasteiger partial charge in [-0.1, -0.05) is 0 Å². The van der Waals surface area contributed by atoms with Crippen LogP contribution in [-0.4, -0.2) is 51.2 Å². The first-order valence-corrected chi connectivity index (χ1v) is 7.38. The van der Waals surface area contributed by atoms with Crippen molar-refractivity contribution < 1.29 is 14.6 Å². The summed E-state index contributed by atoms with van der Waals surface area (Å²) >= 11 is 1.37. The van der Waals surface area contributed by atoms with E-state index in [1.807, 2.05) is 18.4 Å². The van der Waals surface area contributed by atoms with Crippen LogP contribution < -0.4 is 5.56 Å². The van der Waals surface area contributed by atoms with Crippen molar-refractivity contribution in [2.24, 2.45) is 0 Å². The number of carboxylic acid groups (broad SMARTS) is 1. The van der Waals surface area contributed by atoms with E-state index in [2.05, 4.69) is 14.9 Å². The highest BCUT2D eigenvalue weighted by Gasteiger charge is 2.40. The molecule has 0 atom stereocenters. The Hall–Kier alpha value is -1.77. The first-order valence-electron chi connectivity index (χ1n) is 6.50. The van der Waals surface area contributed by atoms with Crippen LogP contribution in [0.5, 0.6) is 0 Å². The number of hydrogen-bond donors (Lipinski definition) is 2. The zero-order valence-corrected chi connectivity index (χ0v) is 12.3. The summed E-state index contributed by atoms with van der Waals surface area (Å²) in [5.74, 6) is -0.352.